The molecule has 0 aliphatic rings. The summed E-state index contributed by atoms with van der Waals surface area (Å²) in [5.74, 6) is 0. The van der Waals surface area contributed by atoms with Gasteiger partial charge in [0, 0.05) is 74.5 Å². The van der Waals surface area contributed by atoms with Crippen LogP contribution in [-0.4, -0.2) is 0 Å². The normalized spacial score (nSPS) is 12.9. The summed E-state index contributed by atoms with van der Waals surface area (Å²) in [6.45, 7) is 32.0. The summed E-state index contributed by atoms with van der Waals surface area (Å²) in [4.78, 5) is 4.88. The predicted molar refractivity (Wildman–Crippen MR) is 303 cm³/mol. The van der Waals surface area contributed by atoms with Gasteiger partial charge >= 0.3 is 0 Å². The molecule has 0 unspecified atom stereocenters. The summed E-state index contributed by atoms with van der Waals surface area (Å²) < 4.78 is 5.36. The van der Waals surface area contributed by atoms with Gasteiger partial charge in [-0.05, 0) is 177 Å². The summed E-state index contributed by atoms with van der Waals surface area (Å²) in [7, 11) is 0. The van der Waals surface area contributed by atoms with Gasteiger partial charge in [0.1, 0.15) is 0 Å². The first-order valence-corrected chi connectivity index (χ1v) is 25.9. The number of aryl methyl sites for hydroxylation is 2. The third kappa shape index (κ3) is 8.39. The maximum atomic E-state index is 2.47. The molecule has 0 amide bonds. The first-order chi connectivity index (χ1) is 32.0. The number of hydrogen-bond acceptors (Lipinski definition) is 4. The minimum Gasteiger partial charge on any atom is -0.310 e. The van der Waals surface area contributed by atoms with Crippen LogP contribution in [0.4, 0.5) is 34.1 Å². The maximum absolute atomic E-state index is 2.47. The molecule has 8 aromatic carbocycles. The van der Waals surface area contributed by atoms with Gasteiger partial charge in [-0.3, -0.25) is 0 Å². The second-order valence-electron chi connectivity index (χ2n) is 23.4. The van der Waals surface area contributed by atoms with Crippen molar-refractivity contribution in [2.45, 2.75) is 119 Å². The Hall–Kier alpha value is -5.94. The van der Waals surface area contributed by atoms with Crippen molar-refractivity contribution in [1.29, 1.82) is 0 Å². The summed E-state index contributed by atoms with van der Waals surface area (Å²) in [5, 5.41) is 7.81. The Bertz CT molecular complexity index is 3170. The molecule has 0 fully saturated rings. The Balaban J connectivity index is 1.12. The monoisotopic (exact) mass is 926 g/mol. The van der Waals surface area contributed by atoms with E-state index in [4.69, 9.17) is 0 Å². The molecule has 2 nitrogen and oxygen atoms in total. The van der Waals surface area contributed by atoms with Crippen LogP contribution in [-0.2, 0) is 21.7 Å². The van der Waals surface area contributed by atoms with Crippen LogP contribution >= 0.6 is 22.7 Å². The largest absolute Gasteiger partial charge is 0.310 e. The van der Waals surface area contributed by atoms with Crippen LogP contribution in [0.2, 0.25) is 0 Å². The fraction of sp³-hybridized carbons (Fsp3) is 0.281. The minimum absolute atomic E-state index is 0.0752. The van der Waals surface area contributed by atoms with E-state index in [0.29, 0.717) is 0 Å². The Kier molecular flexibility index (Phi) is 11.0. The van der Waals surface area contributed by atoms with Gasteiger partial charge in [0.25, 0.3) is 0 Å². The first-order valence-electron chi connectivity index (χ1n) is 24.3. The number of hydrogen-bond donors (Lipinski definition) is 0. The van der Waals surface area contributed by atoms with Crippen LogP contribution in [0.25, 0.3) is 51.1 Å². The highest BCUT2D eigenvalue weighted by Gasteiger charge is 2.23. The van der Waals surface area contributed by atoms with Gasteiger partial charge in [-0.1, -0.05) is 132 Å². The van der Waals surface area contributed by atoms with Crippen LogP contribution in [0.3, 0.4) is 0 Å². The molecule has 0 saturated carbocycles. The Labute approximate surface area is 412 Å². The SMILES string of the molecule is Cc1cc(N(c2ccc(C(C)(C)C)cc2)c2ccc(C(C)(C)C)cc2)cc2c1sc1cc3cc4sc5c(C)cc(N(c6ccc(C(C)(C)C)cc6)c6ccc(C(C)(C)C)cc6)cc5c4cc3cc12. The van der Waals surface area contributed by atoms with Gasteiger partial charge in [-0.15, -0.1) is 22.7 Å². The molecular formula is C64H66N2S2. The smallest absolute Gasteiger partial charge is 0.0471 e. The maximum Gasteiger partial charge on any atom is 0.0471 e. The molecule has 2 aromatic heterocycles. The predicted octanol–water partition coefficient (Wildman–Crippen LogP) is 20.3. The fourth-order valence-corrected chi connectivity index (χ4v) is 12.3. The van der Waals surface area contributed by atoms with Crippen molar-refractivity contribution in [3.63, 3.8) is 0 Å². The van der Waals surface area contributed by atoms with E-state index in [0.717, 1.165) is 22.7 Å². The molecule has 0 spiro atoms. The molecular weight excluding hydrogens is 861 g/mol. The molecule has 4 heteroatoms. The average molecular weight is 927 g/mol. The quantitative estimate of drug-likeness (QED) is 0.164. The number of fused-ring (bicyclic) bond motifs is 7. The van der Waals surface area contributed by atoms with E-state index in [-0.39, 0.29) is 21.7 Å². The van der Waals surface area contributed by atoms with E-state index in [1.54, 1.807) is 0 Å². The number of benzene rings is 8. The van der Waals surface area contributed by atoms with Gasteiger partial charge in [0.05, 0.1) is 0 Å². The number of thiophene rings is 2. The molecule has 0 atom stereocenters. The highest BCUT2D eigenvalue weighted by molar-refractivity contribution is 7.26. The lowest BCUT2D eigenvalue weighted by Gasteiger charge is -2.28. The van der Waals surface area contributed by atoms with Gasteiger partial charge < -0.3 is 9.80 Å². The minimum atomic E-state index is 0.0752. The van der Waals surface area contributed by atoms with Crippen LogP contribution in [0.15, 0.2) is 146 Å². The zero-order valence-electron chi connectivity index (χ0n) is 42.6. The van der Waals surface area contributed by atoms with Crippen molar-refractivity contribution in [3.05, 3.63) is 179 Å². The molecule has 68 heavy (non-hydrogen) atoms. The standard InChI is InChI=1S/C64H66N2S2/c1-39-31-51(65(47-23-15-43(16-24-47)61(3,4)5)48-25-17-44(18-26-48)62(6,7)8)37-55-53-33-41-34-54-56-38-52(32-40(2)60(56)68-58(54)36-42(41)35-57(53)67-59(39)55)66(49-27-19-45(20-28-49)63(9,10)11)50-29-21-46(22-30-50)64(12,13)14/h15-38H,1-14H3. The highest BCUT2D eigenvalue weighted by Crippen LogP contribution is 2.47. The summed E-state index contributed by atoms with van der Waals surface area (Å²) in [6.07, 6.45) is 0. The second-order valence-corrected chi connectivity index (χ2v) is 25.5. The van der Waals surface area contributed by atoms with Gasteiger partial charge in [-0.25, -0.2) is 0 Å². The lowest BCUT2D eigenvalue weighted by molar-refractivity contribution is 0.590. The van der Waals surface area contributed by atoms with Crippen LogP contribution < -0.4 is 9.80 Å². The third-order valence-electron chi connectivity index (χ3n) is 14.0. The molecule has 0 aliphatic heterocycles. The Morgan fingerprint density at radius 1 is 0.294 bits per heavy atom. The fourth-order valence-electron chi connectivity index (χ4n) is 9.89. The summed E-state index contributed by atoms with van der Waals surface area (Å²) in [6, 6.07) is 56.2. The van der Waals surface area contributed by atoms with E-state index in [2.05, 4.69) is 252 Å². The van der Waals surface area contributed by atoms with Crippen molar-refractivity contribution in [2.24, 2.45) is 0 Å². The molecule has 10 rings (SSSR count). The molecule has 0 aliphatic carbocycles. The van der Waals surface area contributed by atoms with Gasteiger partial charge in [0.2, 0.25) is 0 Å². The third-order valence-corrected chi connectivity index (χ3v) is 16.7. The summed E-state index contributed by atoms with van der Waals surface area (Å²) >= 11 is 3.84. The highest BCUT2D eigenvalue weighted by atomic mass is 32.1. The van der Waals surface area contributed by atoms with Crippen LogP contribution in [0, 0.1) is 13.8 Å². The summed E-state index contributed by atoms with van der Waals surface area (Å²) in [5.41, 5.74) is 15.2. The zero-order valence-corrected chi connectivity index (χ0v) is 44.2. The van der Waals surface area contributed by atoms with Gasteiger partial charge in [0.15, 0.2) is 0 Å². The number of anilines is 6. The molecule has 2 heterocycles. The Morgan fingerprint density at radius 2 is 0.559 bits per heavy atom. The van der Waals surface area contributed by atoms with Crippen molar-refractivity contribution in [1.82, 2.24) is 0 Å². The lowest BCUT2D eigenvalue weighted by atomic mass is 9.86. The molecule has 0 radical (unpaired) electrons. The molecule has 344 valence electrons. The van der Waals surface area contributed by atoms with E-state index >= 15 is 0 Å². The second kappa shape index (κ2) is 16.4. The molecule has 0 bridgehead atoms. The number of rotatable bonds is 6. The Morgan fingerprint density at radius 3 is 0.824 bits per heavy atom. The van der Waals surface area contributed by atoms with Crippen molar-refractivity contribution in [3.8, 4) is 0 Å². The van der Waals surface area contributed by atoms with E-state index in [9.17, 15) is 0 Å². The van der Waals surface area contributed by atoms with E-state index in [1.807, 2.05) is 22.7 Å². The number of nitrogens with zero attached hydrogens (tertiary/aromatic N) is 2. The van der Waals surface area contributed by atoms with Crippen molar-refractivity contribution in [2.75, 3.05) is 9.80 Å². The lowest BCUT2D eigenvalue weighted by Crippen LogP contribution is -2.14. The van der Waals surface area contributed by atoms with Gasteiger partial charge in [-0.2, -0.15) is 0 Å². The van der Waals surface area contributed by atoms with E-state index in [1.165, 1.54) is 95.9 Å². The molecule has 0 saturated heterocycles. The zero-order chi connectivity index (χ0) is 48.2. The first kappa shape index (κ1) is 45.8. The van der Waals surface area contributed by atoms with Crippen molar-refractivity contribution >= 4 is 108 Å². The average Bonchev–Trinajstić information content (AvgIpc) is 3.82. The van der Waals surface area contributed by atoms with Crippen LogP contribution in [0.1, 0.15) is 116 Å². The van der Waals surface area contributed by atoms with E-state index < -0.39 is 0 Å². The molecule has 10 aromatic rings. The molecule has 0 N–H and O–H groups in total. The van der Waals surface area contributed by atoms with Crippen LogP contribution in [0.5, 0.6) is 0 Å². The van der Waals surface area contributed by atoms with Crippen molar-refractivity contribution < 1.29 is 0 Å². The topological polar surface area (TPSA) is 6.48 Å².